The number of ether oxygens (including phenoxy) is 2. The van der Waals surface area contributed by atoms with Crippen molar-refractivity contribution in [2.45, 2.75) is 32.4 Å². The molecule has 2 amide bonds. The molecule has 2 aliphatic rings. The van der Waals surface area contributed by atoms with Gasteiger partial charge in [0, 0.05) is 13.1 Å². The second-order valence-corrected chi connectivity index (χ2v) is 6.99. The van der Waals surface area contributed by atoms with Crippen molar-refractivity contribution < 1.29 is 19.1 Å². The molecule has 0 saturated carbocycles. The van der Waals surface area contributed by atoms with E-state index in [0.29, 0.717) is 11.5 Å². The summed E-state index contributed by atoms with van der Waals surface area (Å²) in [6.45, 7) is 3.65. The minimum Gasteiger partial charge on any atom is -0.454 e. The summed E-state index contributed by atoms with van der Waals surface area (Å²) in [6.07, 6.45) is 3.85. The minimum atomic E-state index is -0.317. The van der Waals surface area contributed by atoms with Crippen molar-refractivity contribution in [3.63, 3.8) is 0 Å². The van der Waals surface area contributed by atoms with E-state index in [1.165, 1.54) is 6.92 Å². The van der Waals surface area contributed by atoms with Crippen LogP contribution in [0.25, 0.3) is 6.08 Å². The van der Waals surface area contributed by atoms with Gasteiger partial charge in [0.15, 0.2) is 11.5 Å². The van der Waals surface area contributed by atoms with Gasteiger partial charge < -0.3 is 19.7 Å². The molecule has 0 radical (unpaired) electrons. The van der Waals surface area contributed by atoms with Crippen molar-refractivity contribution in [2.75, 3.05) is 6.79 Å². The Labute approximate surface area is 163 Å². The van der Waals surface area contributed by atoms with Crippen molar-refractivity contribution in [1.82, 2.24) is 10.2 Å². The molecule has 2 aromatic rings. The molecule has 0 fully saturated rings. The molecule has 2 aliphatic heterocycles. The van der Waals surface area contributed by atoms with E-state index in [0.717, 1.165) is 16.7 Å². The number of hydrogen-bond donors (Lipinski definition) is 1. The fourth-order valence-electron chi connectivity index (χ4n) is 3.66. The molecule has 6 heteroatoms. The van der Waals surface area contributed by atoms with Gasteiger partial charge in [0.05, 0.1) is 18.5 Å². The molecule has 0 saturated heterocycles. The van der Waals surface area contributed by atoms with E-state index in [9.17, 15) is 9.59 Å². The van der Waals surface area contributed by atoms with Gasteiger partial charge in [0.2, 0.25) is 18.6 Å². The zero-order valence-electron chi connectivity index (χ0n) is 15.8. The molecular weight excluding hydrogens is 356 g/mol. The van der Waals surface area contributed by atoms with E-state index < -0.39 is 0 Å². The lowest BCUT2D eigenvalue weighted by Gasteiger charge is -2.32. The van der Waals surface area contributed by atoms with Gasteiger partial charge in [-0.15, -0.1) is 0 Å². The Morgan fingerprint density at radius 1 is 1.18 bits per heavy atom. The number of fused-ring (bicyclic) bond motifs is 2. The van der Waals surface area contributed by atoms with Crippen LogP contribution in [-0.2, 0) is 9.59 Å². The lowest BCUT2D eigenvalue weighted by atomic mass is 9.93. The maximum absolute atomic E-state index is 12.8. The van der Waals surface area contributed by atoms with E-state index in [4.69, 9.17) is 9.47 Å². The summed E-state index contributed by atoms with van der Waals surface area (Å²) in [5.74, 6) is 1.19. The zero-order chi connectivity index (χ0) is 19.7. The third-order valence-corrected chi connectivity index (χ3v) is 5.12. The highest BCUT2D eigenvalue weighted by Gasteiger charge is 2.28. The highest BCUT2D eigenvalue weighted by atomic mass is 16.7. The summed E-state index contributed by atoms with van der Waals surface area (Å²) < 4.78 is 10.7. The van der Waals surface area contributed by atoms with Crippen LogP contribution in [0.5, 0.6) is 11.5 Å². The lowest BCUT2D eigenvalue weighted by Crippen LogP contribution is -2.36. The van der Waals surface area contributed by atoms with Crippen LogP contribution < -0.4 is 14.8 Å². The van der Waals surface area contributed by atoms with Gasteiger partial charge in [-0.25, -0.2) is 0 Å². The molecule has 28 heavy (non-hydrogen) atoms. The van der Waals surface area contributed by atoms with Crippen molar-refractivity contribution in [1.29, 1.82) is 0 Å². The molecule has 2 aromatic carbocycles. The van der Waals surface area contributed by atoms with Gasteiger partial charge in [0.1, 0.15) is 0 Å². The van der Waals surface area contributed by atoms with E-state index in [2.05, 4.69) is 5.32 Å². The Kier molecular flexibility index (Phi) is 4.77. The number of amides is 2. The first-order valence-electron chi connectivity index (χ1n) is 9.28. The number of carbonyl (C=O) groups excluding carboxylic acids is 2. The molecule has 4 rings (SSSR count). The van der Waals surface area contributed by atoms with Gasteiger partial charge in [0.25, 0.3) is 0 Å². The molecule has 6 nitrogen and oxygen atoms in total. The average molecular weight is 378 g/mol. The number of nitrogens with one attached hydrogen (secondary N) is 1. The second kappa shape index (κ2) is 7.38. The predicted octanol–water partition coefficient (Wildman–Crippen LogP) is 3.56. The van der Waals surface area contributed by atoms with E-state index in [1.807, 2.05) is 55.5 Å². The SMILES string of the molecule is CC(=O)N1C=Cc2ccccc2C1CC(=O)NC(C)c1ccc2c(c1)OCO2. The first kappa shape index (κ1) is 18.1. The number of carbonyl (C=O) groups is 2. The molecule has 2 unspecified atom stereocenters. The Hall–Kier alpha value is -3.28. The molecule has 2 heterocycles. The molecule has 144 valence electrons. The van der Waals surface area contributed by atoms with Crippen LogP contribution in [0.4, 0.5) is 0 Å². The fourth-order valence-corrected chi connectivity index (χ4v) is 3.66. The normalized spacial score (nSPS) is 17.8. The van der Waals surface area contributed by atoms with Crippen molar-refractivity contribution in [2.24, 2.45) is 0 Å². The summed E-state index contributed by atoms with van der Waals surface area (Å²) in [5, 5.41) is 3.03. The summed E-state index contributed by atoms with van der Waals surface area (Å²) in [6, 6.07) is 13.0. The van der Waals surface area contributed by atoms with Crippen LogP contribution in [0.3, 0.4) is 0 Å². The summed E-state index contributed by atoms with van der Waals surface area (Å²) in [7, 11) is 0. The van der Waals surface area contributed by atoms with Crippen molar-refractivity contribution in [3.8, 4) is 11.5 Å². The molecule has 0 bridgehead atoms. The summed E-state index contributed by atoms with van der Waals surface area (Å²) >= 11 is 0. The smallest absolute Gasteiger partial charge is 0.231 e. The van der Waals surface area contributed by atoms with Gasteiger partial charge in [-0.2, -0.15) is 0 Å². The monoisotopic (exact) mass is 378 g/mol. The summed E-state index contributed by atoms with van der Waals surface area (Å²) in [4.78, 5) is 26.5. The van der Waals surface area contributed by atoms with E-state index in [1.54, 1.807) is 11.1 Å². The predicted molar refractivity (Wildman–Crippen MR) is 104 cm³/mol. The summed E-state index contributed by atoms with van der Waals surface area (Å²) in [5.41, 5.74) is 2.94. The van der Waals surface area contributed by atoms with Crippen LogP contribution in [0, 0.1) is 0 Å². The third kappa shape index (κ3) is 3.45. The molecular formula is C22H22N2O4. The highest BCUT2D eigenvalue weighted by Crippen LogP contribution is 2.35. The lowest BCUT2D eigenvalue weighted by molar-refractivity contribution is -0.130. The quantitative estimate of drug-likeness (QED) is 0.883. The van der Waals surface area contributed by atoms with Crippen LogP contribution in [0.2, 0.25) is 0 Å². The second-order valence-electron chi connectivity index (χ2n) is 6.99. The van der Waals surface area contributed by atoms with Gasteiger partial charge >= 0.3 is 0 Å². The fraction of sp³-hybridized carbons (Fsp3) is 0.273. The average Bonchev–Trinajstić information content (AvgIpc) is 3.15. The zero-order valence-corrected chi connectivity index (χ0v) is 15.8. The maximum atomic E-state index is 12.8. The van der Waals surface area contributed by atoms with Crippen LogP contribution in [0.1, 0.15) is 49.0 Å². The number of hydrogen-bond acceptors (Lipinski definition) is 4. The van der Waals surface area contributed by atoms with Gasteiger partial charge in [-0.3, -0.25) is 9.59 Å². The highest BCUT2D eigenvalue weighted by molar-refractivity contribution is 5.82. The topological polar surface area (TPSA) is 67.9 Å². The first-order valence-corrected chi connectivity index (χ1v) is 9.28. The molecule has 1 N–H and O–H groups in total. The molecule has 0 aromatic heterocycles. The Morgan fingerprint density at radius 3 is 2.79 bits per heavy atom. The van der Waals surface area contributed by atoms with Crippen LogP contribution in [-0.4, -0.2) is 23.5 Å². The van der Waals surface area contributed by atoms with Crippen molar-refractivity contribution >= 4 is 17.9 Å². The Morgan fingerprint density at radius 2 is 1.96 bits per heavy atom. The van der Waals surface area contributed by atoms with E-state index in [-0.39, 0.29) is 37.1 Å². The maximum Gasteiger partial charge on any atom is 0.231 e. The molecule has 0 spiro atoms. The molecule has 0 aliphatic carbocycles. The standard InChI is InChI=1S/C22H22N2O4/c1-14(17-7-8-20-21(11-17)28-13-27-20)23-22(26)12-19-18-6-4-3-5-16(18)9-10-24(19)15(2)25/h3-11,14,19H,12-13H2,1-2H3,(H,23,26). The molecule has 2 atom stereocenters. The van der Waals surface area contributed by atoms with Crippen molar-refractivity contribution in [3.05, 3.63) is 65.4 Å². The van der Waals surface area contributed by atoms with Crippen LogP contribution in [0.15, 0.2) is 48.7 Å². The first-order chi connectivity index (χ1) is 13.5. The third-order valence-electron chi connectivity index (χ3n) is 5.12. The number of benzene rings is 2. The van der Waals surface area contributed by atoms with Crippen LogP contribution >= 0.6 is 0 Å². The van der Waals surface area contributed by atoms with E-state index >= 15 is 0 Å². The van der Waals surface area contributed by atoms with Gasteiger partial charge in [-0.05, 0) is 41.8 Å². The Balaban J connectivity index is 1.49. The largest absolute Gasteiger partial charge is 0.454 e. The number of nitrogens with zero attached hydrogens (tertiary/aromatic N) is 1. The minimum absolute atomic E-state index is 0.0904. The Bertz CT molecular complexity index is 953. The van der Waals surface area contributed by atoms with Gasteiger partial charge in [-0.1, -0.05) is 30.3 Å². The number of rotatable bonds is 4.